The largest absolute Gasteiger partial charge is 0.453 e. The molecule has 0 radical (unpaired) electrons. The van der Waals surface area contributed by atoms with Gasteiger partial charge in [-0.1, -0.05) is 42.5 Å². The molecule has 1 atom stereocenters. The molecule has 0 saturated heterocycles. The number of amides is 1. The minimum absolute atomic E-state index is 0.249. The van der Waals surface area contributed by atoms with Crippen molar-refractivity contribution in [1.29, 1.82) is 0 Å². The summed E-state index contributed by atoms with van der Waals surface area (Å²) in [6.45, 7) is 2.68. The average Bonchev–Trinajstić information content (AvgIpc) is 2.46. The molecular weight excluding hydrogens is 238 g/mol. The first-order chi connectivity index (χ1) is 9.15. The third-order valence-electron chi connectivity index (χ3n) is 3.73. The summed E-state index contributed by atoms with van der Waals surface area (Å²) in [6, 6.07) is 10.0. The number of methoxy groups -OCH3 is 1. The van der Waals surface area contributed by atoms with E-state index in [9.17, 15) is 4.79 Å². The smallest absolute Gasteiger partial charge is 0.410 e. The first-order valence-electron chi connectivity index (χ1n) is 6.73. The summed E-state index contributed by atoms with van der Waals surface area (Å²) in [5, 5.41) is 0. The Kier molecular flexibility index (Phi) is 4.25. The van der Waals surface area contributed by atoms with Gasteiger partial charge in [0.2, 0.25) is 0 Å². The summed E-state index contributed by atoms with van der Waals surface area (Å²) in [5.41, 5.74) is 0.870. The van der Waals surface area contributed by atoms with Crippen LogP contribution in [-0.4, -0.2) is 23.6 Å². The minimum atomic E-state index is -0.266. The molecule has 2 rings (SSSR count). The van der Waals surface area contributed by atoms with Gasteiger partial charge in [-0.3, -0.25) is 4.90 Å². The Morgan fingerprint density at radius 1 is 1.37 bits per heavy atom. The van der Waals surface area contributed by atoms with Crippen LogP contribution in [0.2, 0.25) is 0 Å². The molecule has 0 fully saturated rings. The Labute approximate surface area is 114 Å². The topological polar surface area (TPSA) is 29.5 Å². The Morgan fingerprint density at radius 3 is 2.68 bits per heavy atom. The van der Waals surface area contributed by atoms with E-state index in [1.54, 1.807) is 0 Å². The monoisotopic (exact) mass is 259 g/mol. The van der Waals surface area contributed by atoms with Crippen LogP contribution in [0.15, 0.2) is 42.5 Å². The average molecular weight is 259 g/mol. The molecular formula is C16H21NO2. The van der Waals surface area contributed by atoms with E-state index in [1.165, 1.54) is 7.11 Å². The molecule has 3 heteroatoms. The van der Waals surface area contributed by atoms with Crippen LogP contribution in [0.5, 0.6) is 0 Å². The summed E-state index contributed by atoms with van der Waals surface area (Å²) < 4.78 is 4.96. The van der Waals surface area contributed by atoms with Crippen LogP contribution >= 0.6 is 0 Å². The van der Waals surface area contributed by atoms with Gasteiger partial charge in [-0.15, -0.1) is 0 Å². The van der Waals surface area contributed by atoms with Crippen molar-refractivity contribution in [2.75, 3.05) is 7.11 Å². The number of carbonyl (C=O) groups excluding carboxylic acids is 1. The molecule has 1 aliphatic carbocycles. The van der Waals surface area contributed by atoms with Gasteiger partial charge in [0, 0.05) is 6.54 Å². The molecule has 102 valence electrons. The normalized spacial score (nSPS) is 22.0. The first kappa shape index (κ1) is 13.7. The van der Waals surface area contributed by atoms with Crippen LogP contribution in [0.25, 0.3) is 0 Å². The second-order valence-electron chi connectivity index (χ2n) is 5.19. The molecule has 1 aromatic rings. The highest BCUT2D eigenvalue weighted by Crippen LogP contribution is 2.30. The molecule has 0 saturated carbocycles. The maximum atomic E-state index is 12.1. The first-order valence-corrected chi connectivity index (χ1v) is 6.73. The maximum absolute atomic E-state index is 12.1. The van der Waals surface area contributed by atoms with Gasteiger partial charge in [0.25, 0.3) is 0 Å². The summed E-state index contributed by atoms with van der Waals surface area (Å²) >= 11 is 0. The van der Waals surface area contributed by atoms with Crippen molar-refractivity contribution in [2.24, 2.45) is 0 Å². The van der Waals surface area contributed by atoms with Crippen LogP contribution in [0.4, 0.5) is 4.79 Å². The van der Waals surface area contributed by atoms with E-state index in [-0.39, 0.29) is 11.6 Å². The van der Waals surface area contributed by atoms with Crippen molar-refractivity contribution < 1.29 is 9.53 Å². The molecule has 0 spiro atoms. The molecule has 19 heavy (non-hydrogen) atoms. The van der Waals surface area contributed by atoms with Crippen LogP contribution in [0.1, 0.15) is 31.7 Å². The van der Waals surface area contributed by atoms with E-state index in [0.29, 0.717) is 6.54 Å². The zero-order valence-corrected chi connectivity index (χ0v) is 11.6. The molecule has 3 nitrogen and oxygen atoms in total. The van der Waals surface area contributed by atoms with Crippen LogP contribution in [0.3, 0.4) is 0 Å². The predicted octanol–water partition coefficient (Wildman–Crippen LogP) is 3.75. The van der Waals surface area contributed by atoms with E-state index in [0.717, 1.165) is 24.8 Å². The molecule has 1 aliphatic rings. The van der Waals surface area contributed by atoms with Gasteiger partial charge in [-0.05, 0) is 31.7 Å². The van der Waals surface area contributed by atoms with Gasteiger partial charge in [-0.2, -0.15) is 0 Å². The number of carbonyl (C=O) groups is 1. The van der Waals surface area contributed by atoms with Crippen molar-refractivity contribution >= 4 is 6.09 Å². The van der Waals surface area contributed by atoms with Crippen LogP contribution in [0, 0.1) is 0 Å². The zero-order valence-electron chi connectivity index (χ0n) is 11.6. The third kappa shape index (κ3) is 3.16. The van der Waals surface area contributed by atoms with Gasteiger partial charge in [-0.25, -0.2) is 4.79 Å². The van der Waals surface area contributed by atoms with E-state index in [4.69, 9.17) is 4.74 Å². The maximum Gasteiger partial charge on any atom is 0.410 e. The highest BCUT2D eigenvalue weighted by molar-refractivity contribution is 5.69. The molecule has 1 aromatic carbocycles. The zero-order chi connectivity index (χ0) is 13.7. The van der Waals surface area contributed by atoms with Crippen molar-refractivity contribution in [3.8, 4) is 0 Å². The predicted molar refractivity (Wildman–Crippen MR) is 75.8 cm³/mol. The molecule has 1 unspecified atom stereocenters. The number of nitrogens with zero attached hydrogens (tertiary/aromatic N) is 1. The van der Waals surface area contributed by atoms with Gasteiger partial charge >= 0.3 is 6.09 Å². The third-order valence-corrected chi connectivity index (χ3v) is 3.73. The van der Waals surface area contributed by atoms with Crippen molar-refractivity contribution in [2.45, 2.75) is 38.3 Å². The SMILES string of the molecule is COC(=O)N(Cc1ccccc1)C1(C)C=CCCC1. The molecule has 0 aromatic heterocycles. The molecule has 0 heterocycles. The van der Waals surface area contributed by atoms with Crippen molar-refractivity contribution in [1.82, 2.24) is 4.90 Å². The lowest BCUT2D eigenvalue weighted by Crippen LogP contribution is -2.48. The molecule has 0 bridgehead atoms. The van der Waals surface area contributed by atoms with E-state index >= 15 is 0 Å². The van der Waals surface area contributed by atoms with E-state index in [2.05, 4.69) is 19.1 Å². The quantitative estimate of drug-likeness (QED) is 0.774. The van der Waals surface area contributed by atoms with E-state index in [1.807, 2.05) is 35.2 Å². The van der Waals surface area contributed by atoms with Gasteiger partial charge in [0.05, 0.1) is 12.6 Å². The summed E-state index contributed by atoms with van der Waals surface area (Å²) in [5.74, 6) is 0. The summed E-state index contributed by atoms with van der Waals surface area (Å²) in [6.07, 6.45) is 7.20. The second kappa shape index (κ2) is 5.91. The summed E-state index contributed by atoms with van der Waals surface area (Å²) in [7, 11) is 1.44. The Balaban J connectivity index is 2.23. The number of ether oxygens (including phenoxy) is 1. The minimum Gasteiger partial charge on any atom is -0.453 e. The second-order valence-corrected chi connectivity index (χ2v) is 5.19. The number of allylic oxidation sites excluding steroid dienone is 1. The standard InChI is InChI=1S/C16H21NO2/c1-16(11-7-4-8-12-16)17(15(18)19-2)13-14-9-5-3-6-10-14/h3,5-7,9-11H,4,8,12-13H2,1-2H3. The Hall–Kier alpha value is -1.77. The van der Waals surface area contributed by atoms with Crippen molar-refractivity contribution in [3.63, 3.8) is 0 Å². The Morgan fingerprint density at radius 2 is 2.11 bits per heavy atom. The van der Waals surface area contributed by atoms with Gasteiger partial charge in [0.1, 0.15) is 0 Å². The van der Waals surface area contributed by atoms with E-state index < -0.39 is 0 Å². The lowest BCUT2D eigenvalue weighted by molar-refractivity contribution is 0.0771. The number of benzene rings is 1. The molecule has 0 N–H and O–H groups in total. The highest BCUT2D eigenvalue weighted by atomic mass is 16.5. The van der Waals surface area contributed by atoms with Crippen molar-refractivity contribution in [3.05, 3.63) is 48.0 Å². The fourth-order valence-electron chi connectivity index (χ4n) is 2.55. The molecule has 1 amide bonds. The fourth-order valence-corrected chi connectivity index (χ4v) is 2.55. The number of hydrogen-bond donors (Lipinski definition) is 0. The summed E-state index contributed by atoms with van der Waals surface area (Å²) in [4.78, 5) is 13.9. The lowest BCUT2D eigenvalue weighted by Gasteiger charge is -2.40. The van der Waals surface area contributed by atoms with Crippen LogP contribution < -0.4 is 0 Å². The van der Waals surface area contributed by atoms with Gasteiger partial charge < -0.3 is 4.74 Å². The fraction of sp³-hybridized carbons (Fsp3) is 0.438. The lowest BCUT2D eigenvalue weighted by atomic mass is 9.87. The number of rotatable bonds is 3. The van der Waals surface area contributed by atoms with Crippen LogP contribution in [-0.2, 0) is 11.3 Å². The molecule has 0 aliphatic heterocycles. The number of hydrogen-bond acceptors (Lipinski definition) is 2. The highest BCUT2D eigenvalue weighted by Gasteiger charge is 2.34. The Bertz CT molecular complexity index is 455. The van der Waals surface area contributed by atoms with Gasteiger partial charge in [0.15, 0.2) is 0 Å².